The predicted octanol–water partition coefficient (Wildman–Crippen LogP) is 2.95. The molecule has 0 heterocycles. The number of hydrogen-bond acceptors (Lipinski definition) is 2. The summed E-state index contributed by atoms with van der Waals surface area (Å²) in [4.78, 5) is 2.38. The van der Waals surface area contributed by atoms with Crippen LogP contribution in [0.2, 0.25) is 0 Å². The summed E-state index contributed by atoms with van der Waals surface area (Å²) in [6.45, 7) is 6.98. The van der Waals surface area contributed by atoms with Gasteiger partial charge in [-0.25, -0.2) is 4.39 Å². The van der Waals surface area contributed by atoms with Crippen LogP contribution in [-0.4, -0.2) is 24.5 Å². The van der Waals surface area contributed by atoms with Gasteiger partial charge < -0.3 is 5.73 Å². The van der Waals surface area contributed by atoms with E-state index in [-0.39, 0.29) is 11.9 Å². The van der Waals surface area contributed by atoms with E-state index in [4.69, 9.17) is 5.73 Å². The summed E-state index contributed by atoms with van der Waals surface area (Å²) in [5, 5.41) is 0. The molecule has 0 radical (unpaired) electrons. The molecule has 96 valence electrons. The fourth-order valence-electron chi connectivity index (χ4n) is 2.18. The first-order valence-electron chi connectivity index (χ1n) is 6.42. The number of nitrogens with zero attached hydrogens (tertiary/aromatic N) is 1. The van der Waals surface area contributed by atoms with E-state index in [2.05, 4.69) is 18.7 Å². The maximum atomic E-state index is 12.9. The Morgan fingerprint density at radius 2 is 1.65 bits per heavy atom. The Kier molecular flexibility index (Phi) is 6.16. The van der Waals surface area contributed by atoms with Crippen molar-refractivity contribution in [2.24, 2.45) is 5.73 Å². The molecule has 0 aliphatic carbocycles. The Bertz CT molecular complexity index is 305. The van der Waals surface area contributed by atoms with Crippen molar-refractivity contribution in [2.45, 2.75) is 32.7 Å². The summed E-state index contributed by atoms with van der Waals surface area (Å²) in [6, 6.07) is 6.90. The monoisotopic (exact) mass is 238 g/mol. The first kappa shape index (κ1) is 14.1. The summed E-state index contributed by atoms with van der Waals surface area (Å²) in [5.74, 6) is -0.193. The predicted molar refractivity (Wildman–Crippen MR) is 70.4 cm³/mol. The zero-order valence-corrected chi connectivity index (χ0v) is 10.8. The van der Waals surface area contributed by atoms with Crippen LogP contribution in [0.5, 0.6) is 0 Å². The van der Waals surface area contributed by atoms with E-state index in [9.17, 15) is 4.39 Å². The molecule has 0 saturated carbocycles. The first-order chi connectivity index (χ1) is 8.22. The molecule has 1 unspecified atom stereocenters. The van der Waals surface area contributed by atoms with E-state index < -0.39 is 0 Å². The SMILES string of the molecule is CCCN(CCC)C(CN)c1ccc(F)cc1. The molecule has 0 fully saturated rings. The van der Waals surface area contributed by atoms with E-state index in [1.54, 1.807) is 0 Å². The number of benzene rings is 1. The van der Waals surface area contributed by atoms with Crippen molar-refractivity contribution in [1.29, 1.82) is 0 Å². The zero-order valence-electron chi connectivity index (χ0n) is 10.8. The molecule has 0 aromatic heterocycles. The highest BCUT2D eigenvalue weighted by Gasteiger charge is 2.17. The standard InChI is InChI=1S/C14H23FN2/c1-3-9-17(10-4-2)14(11-16)12-5-7-13(15)8-6-12/h5-8,14H,3-4,9-11,16H2,1-2H3. The highest BCUT2D eigenvalue weighted by molar-refractivity contribution is 5.20. The van der Waals surface area contributed by atoms with Crippen LogP contribution in [0.15, 0.2) is 24.3 Å². The van der Waals surface area contributed by atoms with E-state index in [1.165, 1.54) is 12.1 Å². The number of nitrogens with two attached hydrogens (primary N) is 1. The molecule has 1 aromatic rings. The fourth-order valence-corrected chi connectivity index (χ4v) is 2.18. The van der Waals surface area contributed by atoms with Crippen LogP contribution < -0.4 is 5.73 Å². The minimum atomic E-state index is -0.193. The molecule has 17 heavy (non-hydrogen) atoms. The van der Waals surface area contributed by atoms with E-state index in [1.807, 2.05) is 12.1 Å². The average Bonchev–Trinajstić information content (AvgIpc) is 2.33. The summed E-state index contributed by atoms with van der Waals surface area (Å²) >= 11 is 0. The molecular formula is C14H23FN2. The van der Waals surface area contributed by atoms with E-state index >= 15 is 0 Å². The molecular weight excluding hydrogens is 215 g/mol. The molecule has 2 nitrogen and oxygen atoms in total. The lowest BCUT2D eigenvalue weighted by Crippen LogP contribution is -2.35. The van der Waals surface area contributed by atoms with E-state index in [0.29, 0.717) is 6.54 Å². The van der Waals surface area contributed by atoms with Gasteiger partial charge in [0.05, 0.1) is 0 Å². The Hall–Kier alpha value is -0.930. The van der Waals surface area contributed by atoms with Crippen molar-refractivity contribution < 1.29 is 4.39 Å². The van der Waals surface area contributed by atoms with Crippen LogP contribution in [0.1, 0.15) is 38.3 Å². The topological polar surface area (TPSA) is 29.3 Å². The second-order valence-corrected chi connectivity index (χ2v) is 4.34. The molecule has 0 saturated heterocycles. The minimum Gasteiger partial charge on any atom is -0.329 e. The van der Waals surface area contributed by atoms with Crippen molar-refractivity contribution in [3.8, 4) is 0 Å². The van der Waals surface area contributed by atoms with Gasteiger partial charge in [-0.1, -0.05) is 26.0 Å². The summed E-state index contributed by atoms with van der Waals surface area (Å²) in [5.41, 5.74) is 6.98. The molecule has 0 amide bonds. The van der Waals surface area contributed by atoms with Crippen LogP contribution in [0.25, 0.3) is 0 Å². The second-order valence-electron chi connectivity index (χ2n) is 4.34. The van der Waals surface area contributed by atoms with Gasteiger partial charge in [0.1, 0.15) is 5.82 Å². The Balaban J connectivity index is 2.83. The van der Waals surface area contributed by atoms with Gasteiger partial charge in [-0.3, -0.25) is 4.90 Å². The van der Waals surface area contributed by atoms with Crippen LogP contribution in [0.4, 0.5) is 4.39 Å². The molecule has 1 aromatic carbocycles. The lowest BCUT2D eigenvalue weighted by atomic mass is 10.0. The average molecular weight is 238 g/mol. The lowest BCUT2D eigenvalue weighted by Gasteiger charge is -2.30. The maximum absolute atomic E-state index is 12.9. The lowest BCUT2D eigenvalue weighted by molar-refractivity contribution is 0.202. The van der Waals surface area contributed by atoms with Crippen LogP contribution in [0, 0.1) is 5.82 Å². The molecule has 1 rings (SSSR count). The number of hydrogen-bond donors (Lipinski definition) is 1. The van der Waals surface area contributed by atoms with Crippen molar-refractivity contribution in [3.63, 3.8) is 0 Å². The van der Waals surface area contributed by atoms with Gasteiger partial charge in [0.15, 0.2) is 0 Å². The summed E-state index contributed by atoms with van der Waals surface area (Å²) in [6.07, 6.45) is 2.22. The molecule has 3 heteroatoms. The molecule has 0 aliphatic heterocycles. The van der Waals surface area contributed by atoms with Gasteiger partial charge in [0.2, 0.25) is 0 Å². The Morgan fingerprint density at radius 1 is 1.12 bits per heavy atom. The number of halogens is 1. The van der Waals surface area contributed by atoms with Crippen molar-refractivity contribution in [2.75, 3.05) is 19.6 Å². The van der Waals surface area contributed by atoms with Crippen LogP contribution in [-0.2, 0) is 0 Å². The van der Waals surface area contributed by atoms with Gasteiger partial charge in [-0.05, 0) is 43.6 Å². The summed E-state index contributed by atoms with van der Waals surface area (Å²) < 4.78 is 12.9. The molecule has 0 aliphatic rings. The smallest absolute Gasteiger partial charge is 0.123 e. The Morgan fingerprint density at radius 3 is 2.06 bits per heavy atom. The molecule has 0 bridgehead atoms. The van der Waals surface area contributed by atoms with Gasteiger partial charge >= 0.3 is 0 Å². The van der Waals surface area contributed by atoms with Crippen LogP contribution in [0.3, 0.4) is 0 Å². The third kappa shape index (κ3) is 4.10. The van der Waals surface area contributed by atoms with Crippen molar-refractivity contribution in [3.05, 3.63) is 35.6 Å². The normalized spacial score (nSPS) is 13.0. The molecule has 2 N–H and O–H groups in total. The third-order valence-electron chi connectivity index (χ3n) is 2.94. The number of rotatable bonds is 7. The van der Waals surface area contributed by atoms with Gasteiger partial charge in [-0.15, -0.1) is 0 Å². The summed E-state index contributed by atoms with van der Waals surface area (Å²) in [7, 11) is 0. The highest BCUT2D eigenvalue weighted by Crippen LogP contribution is 2.20. The maximum Gasteiger partial charge on any atom is 0.123 e. The molecule has 1 atom stereocenters. The quantitative estimate of drug-likeness (QED) is 0.791. The van der Waals surface area contributed by atoms with Crippen LogP contribution >= 0.6 is 0 Å². The fraction of sp³-hybridized carbons (Fsp3) is 0.571. The van der Waals surface area contributed by atoms with Crippen molar-refractivity contribution in [1.82, 2.24) is 4.90 Å². The van der Waals surface area contributed by atoms with E-state index in [0.717, 1.165) is 31.5 Å². The van der Waals surface area contributed by atoms with Gasteiger partial charge in [0, 0.05) is 12.6 Å². The van der Waals surface area contributed by atoms with Gasteiger partial charge in [-0.2, -0.15) is 0 Å². The third-order valence-corrected chi connectivity index (χ3v) is 2.94. The Labute approximate surface area is 104 Å². The minimum absolute atomic E-state index is 0.193. The second kappa shape index (κ2) is 7.41. The van der Waals surface area contributed by atoms with Gasteiger partial charge in [0.25, 0.3) is 0 Å². The highest BCUT2D eigenvalue weighted by atomic mass is 19.1. The largest absolute Gasteiger partial charge is 0.329 e. The first-order valence-corrected chi connectivity index (χ1v) is 6.42. The zero-order chi connectivity index (χ0) is 12.7. The molecule has 0 spiro atoms. The van der Waals surface area contributed by atoms with Crippen molar-refractivity contribution >= 4 is 0 Å².